The van der Waals surface area contributed by atoms with Gasteiger partial charge in [0.2, 0.25) is 17.7 Å². The minimum Gasteiger partial charge on any atom is -0.419 e. The lowest BCUT2D eigenvalue weighted by molar-refractivity contribution is -0.132. The number of thiophene rings is 1. The molecule has 4 rings (SSSR count). The van der Waals surface area contributed by atoms with Crippen molar-refractivity contribution in [2.75, 3.05) is 26.2 Å². The molecule has 0 atom stereocenters. The quantitative estimate of drug-likeness (QED) is 0.693. The maximum Gasteiger partial charge on any atom is 0.247 e. The molecule has 134 valence electrons. The smallest absolute Gasteiger partial charge is 0.247 e. The van der Waals surface area contributed by atoms with Crippen LogP contribution >= 0.6 is 11.3 Å². The Morgan fingerprint density at radius 2 is 1.85 bits per heavy atom. The number of nitrogens with zero attached hydrogens (tertiary/aromatic N) is 4. The lowest BCUT2D eigenvalue weighted by Gasteiger charge is -2.34. The van der Waals surface area contributed by atoms with E-state index in [0.29, 0.717) is 24.7 Å². The summed E-state index contributed by atoms with van der Waals surface area (Å²) in [5.74, 6) is 1.36. The average molecular weight is 368 g/mol. The Bertz CT molecular complexity index is 840. The monoisotopic (exact) mass is 368 g/mol. The number of aromatic nitrogens is 2. The molecule has 3 heterocycles. The molecule has 7 heteroatoms. The van der Waals surface area contributed by atoms with Gasteiger partial charge in [0, 0.05) is 36.6 Å². The molecule has 2 aromatic heterocycles. The van der Waals surface area contributed by atoms with Gasteiger partial charge < -0.3 is 9.32 Å². The Hall–Kier alpha value is -2.51. The molecule has 0 aliphatic carbocycles. The van der Waals surface area contributed by atoms with Crippen molar-refractivity contribution in [2.45, 2.75) is 13.0 Å². The Morgan fingerprint density at radius 1 is 1.04 bits per heavy atom. The van der Waals surface area contributed by atoms with E-state index in [9.17, 15) is 4.79 Å². The topological polar surface area (TPSA) is 62.5 Å². The zero-order chi connectivity index (χ0) is 17.8. The Balaban J connectivity index is 1.29. The van der Waals surface area contributed by atoms with Gasteiger partial charge in [0.15, 0.2) is 0 Å². The third-order valence-electron chi connectivity index (χ3n) is 4.48. The first-order valence-electron chi connectivity index (χ1n) is 8.68. The average Bonchev–Trinajstić information content (AvgIpc) is 3.35. The van der Waals surface area contributed by atoms with Crippen LogP contribution in [0.1, 0.15) is 10.8 Å². The first-order valence-corrected chi connectivity index (χ1v) is 9.56. The van der Waals surface area contributed by atoms with E-state index < -0.39 is 0 Å². The largest absolute Gasteiger partial charge is 0.419 e. The fourth-order valence-corrected chi connectivity index (χ4v) is 3.73. The molecule has 3 aromatic rings. The highest BCUT2D eigenvalue weighted by Gasteiger charge is 2.22. The van der Waals surface area contributed by atoms with Crippen LogP contribution in [0.5, 0.6) is 0 Å². The van der Waals surface area contributed by atoms with Crippen molar-refractivity contribution in [1.82, 2.24) is 20.0 Å². The summed E-state index contributed by atoms with van der Waals surface area (Å²) in [6.07, 6.45) is 0.502. The van der Waals surface area contributed by atoms with Crippen molar-refractivity contribution in [3.8, 4) is 11.5 Å². The van der Waals surface area contributed by atoms with Gasteiger partial charge in [-0.25, -0.2) is 0 Å². The molecule has 0 N–H and O–H groups in total. The zero-order valence-electron chi connectivity index (χ0n) is 14.4. The van der Waals surface area contributed by atoms with Crippen molar-refractivity contribution >= 4 is 17.2 Å². The van der Waals surface area contributed by atoms with E-state index in [2.05, 4.69) is 15.1 Å². The summed E-state index contributed by atoms with van der Waals surface area (Å²) in [5, 5.41) is 10.3. The highest BCUT2D eigenvalue weighted by molar-refractivity contribution is 7.10. The molecule has 1 fully saturated rings. The second-order valence-electron chi connectivity index (χ2n) is 6.28. The highest BCUT2D eigenvalue weighted by atomic mass is 32.1. The number of piperazine rings is 1. The van der Waals surface area contributed by atoms with E-state index in [-0.39, 0.29) is 5.91 Å². The van der Waals surface area contributed by atoms with Crippen molar-refractivity contribution in [1.29, 1.82) is 0 Å². The number of carbonyl (C=O) groups excluding carboxylic acids is 1. The van der Waals surface area contributed by atoms with Crippen molar-refractivity contribution in [3.05, 3.63) is 58.6 Å². The van der Waals surface area contributed by atoms with Gasteiger partial charge in [-0.3, -0.25) is 9.69 Å². The van der Waals surface area contributed by atoms with Crippen LogP contribution in [0.3, 0.4) is 0 Å². The minimum absolute atomic E-state index is 0.205. The van der Waals surface area contributed by atoms with E-state index in [1.807, 2.05) is 52.7 Å². The van der Waals surface area contributed by atoms with Gasteiger partial charge in [0.1, 0.15) is 0 Å². The number of benzene rings is 1. The maximum absolute atomic E-state index is 12.4. The second kappa shape index (κ2) is 7.80. The molecule has 1 amide bonds. The number of amides is 1. The summed E-state index contributed by atoms with van der Waals surface area (Å²) >= 11 is 1.63. The highest BCUT2D eigenvalue weighted by Crippen LogP contribution is 2.18. The van der Waals surface area contributed by atoms with Crippen LogP contribution in [0.2, 0.25) is 0 Å². The molecule has 0 spiro atoms. The number of hydrogen-bond donors (Lipinski definition) is 0. The van der Waals surface area contributed by atoms with Crippen LogP contribution in [-0.2, 0) is 17.8 Å². The molecule has 0 bridgehead atoms. The predicted octanol–water partition coefficient (Wildman–Crippen LogP) is 2.69. The predicted molar refractivity (Wildman–Crippen MR) is 99.6 cm³/mol. The summed E-state index contributed by atoms with van der Waals surface area (Å²) in [4.78, 5) is 17.7. The molecular weight excluding hydrogens is 348 g/mol. The molecule has 0 unspecified atom stereocenters. The summed E-state index contributed by atoms with van der Waals surface area (Å²) in [6, 6.07) is 13.8. The van der Waals surface area contributed by atoms with Crippen molar-refractivity contribution in [3.63, 3.8) is 0 Å². The first-order chi connectivity index (χ1) is 12.8. The van der Waals surface area contributed by atoms with Crippen LogP contribution in [0.4, 0.5) is 0 Å². The van der Waals surface area contributed by atoms with Crippen LogP contribution in [-0.4, -0.2) is 52.1 Å². The molecule has 6 nitrogen and oxygen atoms in total. The molecule has 1 saturated heterocycles. The number of rotatable bonds is 5. The summed E-state index contributed by atoms with van der Waals surface area (Å²) in [5.41, 5.74) is 0.926. The van der Waals surface area contributed by atoms with Gasteiger partial charge in [-0.2, -0.15) is 0 Å². The van der Waals surface area contributed by atoms with Crippen LogP contribution in [0, 0.1) is 0 Å². The molecule has 1 aliphatic rings. The van der Waals surface area contributed by atoms with Gasteiger partial charge in [-0.1, -0.05) is 24.3 Å². The standard InChI is InChI=1S/C19H20N4O2S/c24-18(13-16-7-4-12-26-16)23-10-8-22(9-11-23)14-17-20-21-19(25-17)15-5-2-1-3-6-15/h1-7,12H,8-11,13-14H2. The fraction of sp³-hybridized carbons (Fsp3) is 0.316. The van der Waals surface area contributed by atoms with E-state index in [0.717, 1.165) is 36.6 Å². The second-order valence-corrected chi connectivity index (χ2v) is 7.31. The molecule has 1 aliphatic heterocycles. The van der Waals surface area contributed by atoms with Gasteiger partial charge in [-0.05, 0) is 23.6 Å². The summed E-state index contributed by atoms with van der Waals surface area (Å²) < 4.78 is 5.77. The molecular formula is C19H20N4O2S. The van der Waals surface area contributed by atoms with Crippen LogP contribution < -0.4 is 0 Å². The molecule has 0 saturated carbocycles. The lowest BCUT2D eigenvalue weighted by Crippen LogP contribution is -2.48. The Labute approximate surface area is 156 Å². The maximum atomic E-state index is 12.4. The Morgan fingerprint density at radius 3 is 2.58 bits per heavy atom. The molecule has 26 heavy (non-hydrogen) atoms. The van der Waals surface area contributed by atoms with E-state index in [1.165, 1.54) is 0 Å². The minimum atomic E-state index is 0.205. The van der Waals surface area contributed by atoms with Crippen LogP contribution in [0.15, 0.2) is 52.3 Å². The van der Waals surface area contributed by atoms with Gasteiger partial charge in [0.25, 0.3) is 0 Å². The Kier molecular flexibility index (Phi) is 5.08. The van der Waals surface area contributed by atoms with Gasteiger partial charge in [-0.15, -0.1) is 21.5 Å². The van der Waals surface area contributed by atoms with Crippen LogP contribution in [0.25, 0.3) is 11.5 Å². The van der Waals surface area contributed by atoms with E-state index >= 15 is 0 Å². The molecule has 0 radical (unpaired) electrons. The van der Waals surface area contributed by atoms with Crippen molar-refractivity contribution in [2.24, 2.45) is 0 Å². The van der Waals surface area contributed by atoms with Crippen molar-refractivity contribution < 1.29 is 9.21 Å². The lowest BCUT2D eigenvalue weighted by atomic mass is 10.2. The first kappa shape index (κ1) is 16.9. The van der Waals surface area contributed by atoms with E-state index in [1.54, 1.807) is 11.3 Å². The fourth-order valence-electron chi connectivity index (χ4n) is 3.04. The molecule has 1 aromatic carbocycles. The van der Waals surface area contributed by atoms with Gasteiger partial charge >= 0.3 is 0 Å². The zero-order valence-corrected chi connectivity index (χ0v) is 15.2. The van der Waals surface area contributed by atoms with E-state index in [4.69, 9.17) is 4.42 Å². The SMILES string of the molecule is O=C(Cc1cccs1)N1CCN(Cc2nnc(-c3ccccc3)o2)CC1. The number of hydrogen-bond acceptors (Lipinski definition) is 6. The van der Waals surface area contributed by atoms with Gasteiger partial charge in [0.05, 0.1) is 13.0 Å². The summed E-state index contributed by atoms with van der Waals surface area (Å²) in [7, 11) is 0. The summed E-state index contributed by atoms with van der Waals surface area (Å²) in [6.45, 7) is 3.74. The normalized spacial score (nSPS) is 15.3. The number of carbonyl (C=O) groups is 1. The third-order valence-corrected chi connectivity index (χ3v) is 5.35. The third kappa shape index (κ3) is 4.00.